The number of rotatable bonds is 6. The Kier molecular flexibility index (Phi) is 5.64. The fourth-order valence-corrected chi connectivity index (χ4v) is 3.09. The first-order valence-corrected chi connectivity index (χ1v) is 8.05. The van der Waals surface area contributed by atoms with Crippen molar-refractivity contribution >= 4 is 5.91 Å². The molecule has 1 aliphatic heterocycles. The van der Waals surface area contributed by atoms with Gasteiger partial charge in [-0.05, 0) is 52.2 Å². The molecular formula is C17H28N2O3. The third kappa shape index (κ3) is 4.58. The Morgan fingerprint density at radius 2 is 2.18 bits per heavy atom. The van der Waals surface area contributed by atoms with Crippen LogP contribution in [0.2, 0.25) is 0 Å². The predicted octanol–water partition coefficient (Wildman–Crippen LogP) is 2.68. The molecule has 0 radical (unpaired) electrons. The molecule has 1 saturated heterocycles. The van der Waals surface area contributed by atoms with Crippen LogP contribution in [-0.2, 0) is 4.74 Å². The maximum Gasteiger partial charge on any atom is 0.289 e. The normalized spacial score (nSPS) is 18.5. The molecule has 5 heteroatoms. The Hall–Kier alpha value is -1.33. The number of hydrogen-bond donors (Lipinski definition) is 1. The molecular weight excluding hydrogens is 280 g/mol. The van der Waals surface area contributed by atoms with E-state index >= 15 is 0 Å². The lowest BCUT2D eigenvalue weighted by atomic mass is 9.97. The zero-order valence-corrected chi connectivity index (χ0v) is 14.1. The van der Waals surface area contributed by atoms with Crippen molar-refractivity contribution in [2.24, 2.45) is 0 Å². The minimum Gasteiger partial charge on any atom is -0.459 e. The van der Waals surface area contributed by atoms with Gasteiger partial charge in [0.25, 0.3) is 5.91 Å². The fraction of sp³-hybridized carbons (Fsp3) is 0.706. The highest BCUT2D eigenvalue weighted by Gasteiger charge is 2.27. The second kappa shape index (κ2) is 7.29. The van der Waals surface area contributed by atoms with Crippen LogP contribution in [0.25, 0.3) is 0 Å². The number of nitrogens with zero attached hydrogens (tertiary/aromatic N) is 1. The molecule has 2 heterocycles. The van der Waals surface area contributed by atoms with Crippen LogP contribution in [-0.4, -0.2) is 48.7 Å². The number of amides is 1. The van der Waals surface area contributed by atoms with E-state index in [-0.39, 0.29) is 11.5 Å². The minimum absolute atomic E-state index is 0.00276. The summed E-state index contributed by atoms with van der Waals surface area (Å²) in [5, 5.41) is 3.66. The number of methoxy groups -OCH3 is 1. The lowest BCUT2D eigenvalue weighted by Crippen LogP contribution is -2.48. The molecule has 5 nitrogen and oxygen atoms in total. The molecule has 0 aliphatic carbocycles. The largest absolute Gasteiger partial charge is 0.459 e. The molecule has 1 N–H and O–H groups in total. The van der Waals surface area contributed by atoms with E-state index in [9.17, 15) is 4.79 Å². The van der Waals surface area contributed by atoms with Crippen LogP contribution < -0.4 is 5.32 Å². The maximum absolute atomic E-state index is 12.2. The third-order valence-electron chi connectivity index (χ3n) is 4.38. The zero-order chi connectivity index (χ0) is 16.2. The van der Waals surface area contributed by atoms with Crippen LogP contribution in [0.1, 0.15) is 50.6 Å². The van der Waals surface area contributed by atoms with Crippen molar-refractivity contribution in [1.82, 2.24) is 10.2 Å². The van der Waals surface area contributed by atoms with E-state index in [1.807, 2.05) is 4.90 Å². The van der Waals surface area contributed by atoms with E-state index < -0.39 is 0 Å². The lowest BCUT2D eigenvalue weighted by Gasteiger charge is -2.35. The number of carbonyl (C=O) groups is 1. The molecule has 124 valence electrons. The van der Waals surface area contributed by atoms with E-state index in [1.54, 1.807) is 25.5 Å². The molecule has 1 fully saturated rings. The lowest BCUT2D eigenvalue weighted by molar-refractivity contribution is 0.00697. The van der Waals surface area contributed by atoms with Crippen molar-refractivity contribution in [1.29, 1.82) is 0 Å². The predicted molar refractivity (Wildman–Crippen MR) is 85.9 cm³/mol. The average molecular weight is 308 g/mol. The van der Waals surface area contributed by atoms with E-state index in [2.05, 4.69) is 26.1 Å². The van der Waals surface area contributed by atoms with Gasteiger partial charge >= 0.3 is 0 Å². The highest BCUT2D eigenvalue weighted by Crippen LogP contribution is 2.18. The summed E-state index contributed by atoms with van der Waals surface area (Å²) in [4.78, 5) is 14.1. The highest BCUT2D eigenvalue weighted by atomic mass is 16.5. The number of carbonyl (C=O) groups excluding carboxylic acids is 1. The minimum atomic E-state index is -0.109. The summed E-state index contributed by atoms with van der Waals surface area (Å²) >= 11 is 0. The molecule has 0 bridgehead atoms. The summed E-state index contributed by atoms with van der Waals surface area (Å²) < 4.78 is 10.7. The van der Waals surface area contributed by atoms with Gasteiger partial charge in [0.1, 0.15) is 0 Å². The van der Waals surface area contributed by atoms with Crippen LogP contribution in [0.5, 0.6) is 0 Å². The van der Waals surface area contributed by atoms with Gasteiger partial charge in [-0.2, -0.15) is 0 Å². The van der Waals surface area contributed by atoms with Gasteiger partial charge in [0.15, 0.2) is 5.76 Å². The van der Waals surface area contributed by atoms with Gasteiger partial charge < -0.3 is 19.4 Å². The summed E-state index contributed by atoms with van der Waals surface area (Å²) in [6.45, 7) is 7.96. The van der Waals surface area contributed by atoms with E-state index in [4.69, 9.17) is 9.15 Å². The number of likely N-dealkylation sites (tertiary alicyclic amines) is 1. The van der Waals surface area contributed by atoms with Crippen molar-refractivity contribution < 1.29 is 13.9 Å². The first-order chi connectivity index (χ1) is 10.4. The summed E-state index contributed by atoms with van der Waals surface area (Å²) in [5.74, 6) is 0.429. The molecule has 0 spiro atoms. The second-order valence-corrected chi connectivity index (χ2v) is 6.78. The Balaban J connectivity index is 1.76. The monoisotopic (exact) mass is 308 g/mol. The smallest absolute Gasteiger partial charge is 0.289 e. The first-order valence-electron chi connectivity index (χ1n) is 8.05. The van der Waals surface area contributed by atoms with Crippen molar-refractivity contribution in [3.05, 3.63) is 24.2 Å². The Labute approximate surface area is 133 Å². The van der Waals surface area contributed by atoms with Gasteiger partial charge in [-0.15, -0.1) is 0 Å². The van der Waals surface area contributed by atoms with Gasteiger partial charge in [0.2, 0.25) is 0 Å². The van der Waals surface area contributed by atoms with Gasteiger partial charge in [-0.1, -0.05) is 0 Å². The molecule has 1 atom stereocenters. The van der Waals surface area contributed by atoms with Crippen LogP contribution in [0.15, 0.2) is 22.8 Å². The number of furan rings is 1. The van der Waals surface area contributed by atoms with Crippen LogP contribution >= 0.6 is 0 Å². The molecule has 0 saturated carbocycles. The average Bonchev–Trinajstić information content (AvgIpc) is 3.01. The fourth-order valence-electron chi connectivity index (χ4n) is 3.09. The van der Waals surface area contributed by atoms with Gasteiger partial charge in [-0.25, -0.2) is 0 Å². The summed E-state index contributed by atoms with van der Waals surface area (Å²) in [6, 6.07) is 4.33. The highest BCUT2D eigenvalue weighted by molar-refractivity contribution is 5.91. The van der Waals surface area contributed by atoms with E-state index in [1.165, 1.54) is 0 Å². The second-order valence-electron chi connectivity index (χ2n) is 6.78. The van der Waals surface area contributed by atoms with Crippen molar-refractivity contribution in [3.8, 4) is 0 Å². The molecule has 1 amide bonds. The molecule has 1 aromatic rings. The van der Waals surface area contributed by atoms with Gasteiger partial charge in [0.05, 0.1) is 11.9 Å². The number of nitrogens with one attached hydrogen (secondary N) is 1. The standard InChI is InChI=1S/C17H28N2O3/c1-13(12-17(2,3)21-4)18-14-7-9-19(10-8-14)16(20)15-6-5-11-22-15/h5-6,11,13-14,18H,7-10,12H2,1-4H3/t13-/m1/s1. The first kappa shape index (κ1) is 17.0. The summed E-state index contributed by atoms with van der Waals surface area (Å²) in [5.41, 5.74) is -0.109. The molecule has 2 rings (SSSR count). The zero-order valence-electron chi connectivity index (χ0n) is 14.1. The van der Waals surface area contributed by atoms with Crippen molar-refractivity contribution in [2.45, 2.75) is 57.7 Å². The summed E-state index contributed by atoms with van der Waals surface area (Å²) in [6.07, 6.45) is 4.46. The molecule has 1 aliphatic rings. The molecule has 0 aromatic carbocycles. The topological polar surface area (TPSA) is 54.7 Å². The van der Waals surface area contributed by atoms with Crippen LogP contribution in [0.3, 0.4) is 0 Å². The van der Waals surface area contributed by atoms with Crippen LogP contribution in [0.4, 0.5) is 0 Å². The third-order valence-corrected chi connectivity index (χ3v) is 4.38. The SMILES string of the molecule is COC(C)(C)C[C@@H](C)NC1CCN(C(=O)c2ccco2)CC1. The van der Waals surface area contributed by atoms with Crippen LogP contribution in [0, 0.1) is 0 Å². The van der Waals surface area contributed by atoms with Crippen molar-refractivity contribution in [2.75, 3.05) is 20.2 Å². The Morgan fingerprint density at radius 3 is 2.73 bits per heavy atom. The molecule has 1 aromatic heterocycles. The van der Waals surface area contributed by atoms with Gasteiger partial charge in [-0.3, -0.25) is 4.79 Å². The number of piperidine rings is 1. The van der Waals surface area contributed by atoms with E-state index in [0.717, 1.165) is 32.4 Å². The molecule has 0 unspecified atom stereocenters. The number of ether oxygens (including phenoxy) is 1. The quantitative estimate of drug-likeness (QED) is 0.878. The Bertz CT molecular complexity index is 462. The van der Waals surface area contributed by atoms with Crippen molar-refractivity contribution in [3.63, 3.8) is 0 Å². The summed E-state index contributed by atoms with van der Waals surface area (Å²) in [7, 11) is 1.76. The van der Waals surface area contributed by atoms with E-state index in [0.29, 0.717) is 17.8 Å². The molecule has 22 heavy (non-hydrogen) atoms. The maximum atomic E-state index is 12.2. The number of hydrogen-bond acceptors (Lipinski definition) is 4. The Morgan fingerprint density at radius 1 is 1.50 bits per heavy atom. The van der Waals surface area contributed by atoms with Gasteiger partial charge in [0, 0.05) is 32.3 Å².